The van der Waals surface area contributed by atoms with Crippen molar-refractivity contribution in [3.63, 3.8) is 0 Å². The monoisotopic (exact) mass is 292 g/mol. The molecule has 2 atom stereocenters. The molecule has 108 valence electrons. The van der Waals surface area contributed by atoms with Gasteiger partial charge in [-0.15, -0.1) is 11.3 Å². The lowest BCUT2D eigenvalue weighted by molar-refractivity contribution is 0.0893. The summed E-state index contributed by atoms with van der Waals surface area (Å²) in [7, 11) is 2.01. The molecule has 0 spiro atoms. The SMILES string of the molecule is Cc1nc(C)c(CN[C@H]2CCO[C@@H]2c2nccn2C)s1. The Labute approximate surface area is 123 Å². The highest BCUT2D eigenvalue weighted by atomic mass is 32.1. The van der Waals surface area contributed by atoms with Gasteiger partial charge in [-0.3, -0.25) is 0 Å². The van der Waals surface area contributed by atoms with Crippen molar-refractivity contribution in [3.05, 3.63) is 33.8 Å². The third kappa shape index (κ3) is 2.63. The van der Waals surface area contributed by atoms with Gasteiger partial charge in [-0.1, -0.05) is 0 Å². The molecule has 1 fully saturated rings. The van der Waals surface area contributed by atoms with E-state index >= 15 is 0 Å². The molecule has 0 radical (unpaired) electrons. The summed E-state index contributed by atoms with van der Waals surface area (Å²) in [6, 6.07) is 0.318. The predicted octanol–water partition coefficient (Wildman–Crippen LogP) is 2.11. The van der Waals surface area contributed by atoms with Crippen LogP contribution in [0.5, 0.6) is 0 Å². The Hall–Kier alpha value is -1.24. The maximum absolute atomic E-state index is 5.86. The normalized spacial score (nSPS) is 22.6. The van der Waals surface area contributed by atoms with Crippen molar-refractivity contribution in [1.29, 1.82) is 0 Å². The van der Waals surface area contributed by atoms with Gasteiger partial charge in [0.2, 0.25) is 0 Å². The first-order valence-electron chi connectivity index (χ1n) is 6.90. The summed E-state index contributed by atoms with van der Waals surface area (Å²) < 4.78 is 7.89. The summed E-state index contributed by atoms with van der Waals surface area (Å²) in [6.07, 6.45) is 4.86. The minimum Gasteiger partial charge on any atom is -0.369 e. The molecular formula is C14H20N4OS. The zero-order valence-corrected chi connectivity index (χ0v) is 12.9. The second-order valence-electron chi connectivity index (χ2n) is 5.21. The molecule has 3 heterocycles. The number of hydrogen-bond acceptors (Lipinski definition) is 5. The van der Waals surface area contributed by atoms with Crippen LogP contribution in [-0.4, -0.2) is 27.2 Å². The van der Waals surface area contributed by atoms with Crippen molar-refractivity contribution in [1.82, 2.24) is 19.9 Å². The van der Waals surface area contributed by atoms with Crippen molar-refractivity contribution in [3.8, 4) is 0 Å². The molecule has 0 unspecified atom stereocenters. The van der Waals surface area contributed by atoms with E-state index in [4.69, 9.17) is 4.74 Å². The van der Waals surface area contributed by atoms with E-state index in [1.165, 1.54) is 4.88 Å². The van der Waals surface area contributed by atoms with E-state index in [0.29, 0.717) is 6.04 Å². The predicted molar refractivity (Wildman–Crippen MR) is 78.7 cm³/mol. The maximum atomic E-state index is 5.86. The van der Waals surface area contributed by atoms with E-state index in [1.54, 1.807) is 11.3 Å². The molecule has 1 aliphatic rings. The second-order valence-corrected chi connectivity index (χ2v) is 6.49. The fraction of sp³-hybridized carbons (Fsp3) is 0.571. The molecule has 0 aromatic carbocycles. The maximum Gasteiger partial charge on any atom is 0.139 e. The molecular weight excluding hydrogens is 272 g/mol. The van der Waals surface area contributed by atoms with Crippen LogP contribution in [0.3, 0.4) is 0 Å². The first-order valence-corrected chi connectivity index (χ1v) is 7.72. The third-order valence-electron chi connectivity index (χ3n) is 3.73. The summed E-state index contributed by atoms with van der Waals surface area (Å²) in [4.78, 5) is 10.2. The number of nitrogens with zero attached hydrogens (tertiary/aromatic N) is 3. The minimum atomic E-state index is 0.0457. The van der Waals surface area contributed by atoms with Crippen molar-refractivity contribution >= 4 is 11.3 Å². The minimum absolute atomic E-state index is 0.0457. The summed E-state index contributed by atoms with van der Waals surface area (Å²) in [5.41, 5.74) is 1.13. The van der Waals surface area contributed by atoms with E-state index in [1.807, 2.05) is 24.0 Å². The Balaban J connectivity index is 1.68. The van der Waals surface area contributed by atoms with E-state index in [2.05, 4.69) is 29.1 Å². The number of aryl methyl sites for hydroxylation is 3. The van der Waals surface area contributed by atoms with Crippen LogP contribution in [0.4, 0.5) is 0 Å². The van der Waals surface area contributed by atoms with Crippen molar-refractivity contribution in [2.24, 2.45) is 7.05 Å². The quantitative estimate of drug-likeness (QED) is 0.938. The van der Waals surface area contributed by atoms with E-state index in [0.717, 1.165) is 36.1 Å². The van der Waals surface area contributed by atoms with E-state index < -0.39 is 0 Å². The van der Waals surface area contributed by atoms with Crippen LogP contribution in [-0.2, 0) is 18.3 Å². The topological polar surface area (TPSA) is 52.0 Å². The highest BCUT2D eigenvalue weighted by Crippen LogP contribution is 2.28. The lowest BCUT2D eigenvalue weighted by Crippen LogP contribution is -2.32. The van der Waals surface area contributed by atoms with Gasteiger partial charge >= 0.3 is 0 Å². The first kappa shape index (κ1) is 13.7. The van der Waals surface area contributed by atoms with Gasteiger partial charge in [-0.2, -0.15) is 0 Å². The van der Waals surface area contributed by atoms with Crippen molar-refractivity contribution < 1.29 is 4.74 Å². The van der Waals surface area contributed by atoms with E-state index in [9.17, 15) is 0 Å². The summed E-state index contributed by atoms with van der Waals surface area (Å²) >= 11 is 1.76. The summed E-state index contributed by atoms with van der Waals surface area (Å²) in [5.74, 6) is 0.997. The van der Waals surface area contributed by atoms with Gasteiger partial charge in [0, 0.05) is 43.5 Å². The van der Waals surface area contributed by atoms with Crippen LogP contribution in [0.25, 0.3) is 0 Å². The van der Waals surface area contributed by atoms with Gasteiger partial charge in [0.25, 0.3) is 0 Å². The molecule has 3 rings (SSSR count). The van der Waals surface area contributed by atoms with E-state index in [-0.39, 0.29) is 6.10 Å². The Morgan fingerprint density at radius 2 is 2.35 bits per heavy atom. The zero-order chi connectivity index (χ0) is 14.1. The zero-order valence-electron chi connectivity index (χ0n) is 12.1. The Kier molecular flexibility index (Phi) is 3.87. The number of ether oxygens (including phenoxy) is 1. The first-order chi connectivity index (χ1) is 9.65. The number of hydrogen-bond donors (Lipinski definition) is 1. The van der Waals surface area contributed by atoms with Crippen LogP contribution in [0.1, 0.15) is 33.9 Å². The van der Waals surface area contributed by atoms with Crippen LogP contribution in [0.2, 0.25) is 0 Å². The second kappa shape index (κ2) is 5.63. The number of nitrogens with one attached hydrogen (secondary N) is 1. The third-order valence-corrected chi connectivity index (χ3v) is 4.80. The molecule has 1 N–H and O–H groups in total. The van der Waals surface area contributed by atoms with Crippen LogP contribution < -0.4 is 5.32 Å². The molecule has 20 heavy (non-hydrogen) atoms. The average Bonchev–Trinajstić information content (AvgIpc) is 3.08. The van der Waals surface area contributed by atoms with Gasteiger partial charge in [-0.05, 0) is 20.3 Å². The molecule has 0 aliphatic carbocycles. The summed E-state index contributed by atoms with van der Waals surface area (Å²) in [5, 5.41) is 4.74. The van der Waals surface area contributed by atoms with Crippen molar-refractivity contribution in [2.45, 2.75) is 39.0 Å². The molecule has 5 nitrogen and oxygen atoms in total. The van der Waals surface area contributed by atoms with Gasteiger partial charge < -0.3 is 14.6 Å². The molecule has 0 saturated carbocycles. The highest BCUT2D eigenvalue weighted by Gasteiger charge is 2.32. The highest BCUT2D eigenvalue weighted by molar-refractivity contribution is 7.11. The molecule has 1 saturated heterocycles. The van der Waals surface area contributed by atoms with Gasteiger partial charge in [-0.25, -0.2) is 9.97 Å². The molecule has 0 amide bonds. The largest absolute Gasteiger partial charge is 0.369 e. The lowest BCUT2D eigenvalue weighted by atomic mass is 10.1. The van der Waals surface area contributed by atoms with Gasteiger partial charge in [0.15, 0.2) is 0 Å². The average molecular weight is 292 g/mol. The summed E-state index contributed by atoms with van der Waals surface area (Å²) in [6.45, 7) is 5.76. The van der Waals surface area contributed by atoms with Crippen LogP contribution >= 0.6 is 11.3 Å². The Bertz CT molecular complexity index is 592. The standard InChI is InChI=1S/C14H20N4OS/c1-9-12(20-10(2)17-9)8-16-11-4-7-19-13(11)14-15-5-6-18(14)3/h5-6,11,13,16H,4,7-8H2,1-3H3/t11-,13-/m0/s1. The lowest BCUT2D eigenvalue weighted by Gasteiger charge is -2.19. The fourth-order valence-corrected chi connectivity index (χ4v) is 3.55. The Morgan fingerprint density at radius 3 is 3.00 bits per heavy atom. The molecule has 1 aliphatic heterocycles. The van der Waals surface area contributed by atoms with Crippen LogP contribution in [0, 0.1) is 13.8 Å². The van der Waals surface area contributed by atoms with Crippen LogP contribution in [0.15, 0.2) is 12.4 Å². The molecule has 0 bridgehead atoms. The molecule has 2 aromatic rings. The number of thiazole rings is 1. The molecule has 6 heteroatoms. The molecule has 2 aromatic heterocycles. The Morgan fingerprint density at radius 1 is 1.50 bits per heavy atom. The van der Waals surface area contributed by atoms with Gasteiger partial charge in [0.05, 0.1) is 10.7 Å². The van der Waals surface area contributed by atoms with Gasteiger partial charge in [0.1, 0.15) is 11.9 Å². The number of imidazole rings is 1. The number of rotatable bonds is 4. The van der Waals surface area contributed by atoms with Crippen molar-refractivity contribution in [2.75, 3.05) is 6.61 Å². The smallest absolute Gasteiger partial charge is 0.139 e. The number of aromatic nitrogens is 3. The fourth-order valence-electron chi connectivity index (χ4n) is 2.67.